The third-order valence-electron chi connectivity index (χ3n) is 5.20. The SMILES string of the molecule is CCCOC(CC(O[Si](OCCC)(OCCC)c1ccccc1)C(C)C)(OCCC)OCCC. The molecule has 0 bridgehead atoms. The predicted molar refractivity (Wildman–Crippen MR) is 140 cm³/mol. The maximum atomic E-state index is 6.94. The molecule has 0 saturated carbocycles. The average molecular weight is 499 g/mol. The van der Waals surface area contributed by atoms with Crippen LogP contribution in [-0.2, 0) is 27.5 Å². The van der Waals surface area contributed by atoms with Crippen LogP contribution in [0, 0.1) is 5.92 Å². The van der Waals surface area contributed by atoms with Crippen LogP contribution < -0.4 is 5.19 Å². The van der Waals surface area contributed by atoms with Crippen LogP contribution in [0.25, 0.3) is 0 Å². The lowest BCUT2D eigenvalue weighted by atomic mass is 10.0. The summed E-state index contributed by atoms with van der Waals surface area (Å²) in [6.45, 7) is 17.6. The van der Waals surface area contributed by atoms with E-state index in [1.54, 1.807) is 0 Å². The minimum Gasteiger partial charge on any atom is -0.370 e. The molecular weight excluding hydrogens is 448 g/mol. The second-order valence-electron chi connectivity index (χ2n) is 8.95. The van der Waals surface area contributed by atoms with Crippen molar-refractivity contribution < 1.29 is 27.5 Å². The molecule has 0 aromatic heterocycles. The van der Waals surface area contributed by atoms with Crippen LogP contribution in [0.15, 0.2) is 30.3 Å². The van der Waals surface area contributed by atoms with E-state index in [0.717, 1.165) is 37.3 Å². The highest BCUT2D eigenvalue weighted by atomic mass is 28.4. The molecule has 0 saturated heterocycles. The molecule has 198 valence electrons. The summed E-state index contributed by atoms with van der Waals surface area (Å²) in [4.78, 5) is 0. The average Bonchev–Trinajstić information content (AvgIpc) is 2.86. The maximum Gasteiger partial charge on any atom is 0.537 e. The molecule has 0 radical (unpaired) electrons. The van der Waals surface area contributed by atoms with Crippen molar-refractivity contribution in [3.8, 4) is 0 Å². The van der Waals surface area contributed by atoms with Crippen molar-refractivity contribution in [3.63, 3.8) is 0 Å². The summed E-state index contributed by atoms with van der Waals surface area (Å²) in [5, 5.41) is 0.978. The first kappa shape index (κ1) is 31.2. The Balaban J connectivity index is 3.38. The Morgan fingerprint density at radius 3 is 1.50 bits per heavy atom. The molecule has 34 heavy (non-hydrogen) atoms. The molecule has 1 rings (SSSR count). The van der Waals surface area contributed by atoms with Crippen LogP contribution in [0.2, 0.25) is 0 Å². The normalized spacial score (nSPS) is 13.5. The van der Waals surface area contributed by atoms with Crippen molar-refractivity contribution in [2.24, 2.45) is 5.92 Å². The van der Waals surface area contributed by atoms with Gasteiger partial charge in [-0.05, 0) is 38.0 Å². The number of rotatable bonds is 21. The van der Waals surface area contributed by atoms with E-state index in [2.05, 4.69) is 60.6 Å². The highest BCUT2D eigenvalue weighted by Crippen LogP contribution is 2.30. The van der Waals surface area contributed by atoms with Gasteiger partial charge in [0.2, 0.25) is 0 Å². The van der Waals surface area contributed by atoms with Crippen LogP contribution >= 0.6 is 0 Å². The van der Waals surface area contributed by atoms with Crippen molar-refractivity contribution in [2.75, 3.05) is 33.0 Å². The van der Waals surface area contributed by atoms with Crippen LogP contribution in [0.5, 0.6) is 0 Å². The predicted octanol–water partition coefficient (Wildman–Crippen LogP) is 6.05. The quantitative estimate of drug-likeness (QED) is 0.152. The van der Waals surface area contributed by atoms with Crippen molar-refractivity contribution in [1.82, 2.24) is 0 Å². The van der Waals surface area contributed by atoms with Crippen LogP contribution in [-0.4, -0.2) is 53.9 Å². The monoisotopic (exact) mass is 498 g/mol. The number of ether oxygens (including phenoxy) is 3. The Labute approximate surface area is 210 Å². The summed E-state index contributed by atoms with van der Waals surface area (Å²) in [5.74, 6) is -0.977. The van der Waals surface area contributed by atoms with E-state index in [1.165, 1.54) is 0 Å². The topological polar surface area (TPSA) is 55.4 Å². The zero-order chi connectivity index (χ0) is 25.3. The van der Waals surface area contributed by atoms with Gasteiger partial charge in [-0.1, -0.05) is 78.8 Å². The summed E-state index contributed by atoms with van der Waals surface area (Å²) in [5.41, 5.74) is 0. The fourth-order valence-electron chi connectivity index (χ4n) is 3.39. The van der Waals surface area contributed by atoms with Gasteiger partial charge in [-0.2, -0.15) is 0 Å². The van der Waals surface area contributed by atoms with Gasteiger partial charge in [0.15, 0.2) is 0 Å². The molecule has 0 amide bonds. The minimum absolute atomic E-state index is 0.172. The van der Waals surface area contributed by atoms with E-state index < -0.39 is 14.8 Å². The first-order chi connectivity index (χ1) is 16.4. The lowest BCUT2D eigenvalue weighted by Crippen LogP contribution is -2.60. The molecule has 0 aliphatic carbocycles. The van der Waals surface area contributed by atoms with Crippen molar-refractivity contribution >= 4 is 14.0 Å². The van der Waals surface area contributed by atoms with Crippen LogP contribution in [0.3, 0.4) is 0 Å². The molecule has 1 aromatic rings. The molecule has 0 heterocycles. The molecule has 6 nitrogen and oxygen atoms in total. The Morgan fingerprint density at radius 1 is 0.676 bits per heavy atom. The van der Waals surface area contributed by atoms with Gasteiger partial charge in [0, 0.05) is 18.4 Å². The Morgan fingerprint density at radius 2 is 1.12 bits per heavy atom. The zero-order valence-corrected chi connectivity index (χ0v) is 23.8. The van der Waals surface area contributed by atoms with E-state index in [-0.39, 0.29) is 12.0 Å². The lowest BCUT2D eigenvalue weighted by Gasteiger charge is -2.40. The zero-order valence-electron chi connectivity index (χ0n) is 22.8. The van der Waals surface area contributed by atoms with Gasteiger partial charge >= 0.3 is 8.80 Å². The minimum atomic E-state index is -3.20. The molecule has 0 N–H and O–H groups in total. The lowest BCUT2D eigenvalue weighted by molar-refractivity contribution is -0.389. The first-order valence-electron chi connectivity index (χ1n) is 13.3. The van der Waals surface area contributed by atoms with Crippen molar-refractivity contribution in [2.45, 2.75) is 99.1 Å². The molecule has 1 unspecified atom stereocenters. The van der Waals surface area contributed by atoms with Crippen LogP contribution in [0.1, 0.15) is 87.0 Å². The van der Waals surface area contributed by atoms with E-state index in [4.69, 9.17) is 27.5 Å². The van der Waals surface area contributed by atoms with E-state index in [9.17, 15) is 0 Å². The summed E-state index contributed by atoms with van der Waals surface area (Å²) >= 11 is 0. The van der Waals surface area contributed by atoms with Gasteiger partial charge in [0.1, 0.15) is 0 Å². The highest BCUT2D eigenvalue weighted by molar-refractivity contribution is 6.75. The molecule has 0 spiro atoms. The second-order valence-corrected chi connectivity index (χ2v) is 11.5. The van der Waals surface area contributed by atoms with Gasteiger partial charge in [-0.3, -0.25) is 0 Å². The molecule has 0 fully saturated rings. The van der Waals surface area contributed by atoms with Crippen molar-refractivity contribution in [1.29, 1.82) is 0 Å². The standard InChI is InChI=1S/C27H50O6Si/c1-8-18-28-27(29-19-9-2,30-20-10-3)23-26(24(6)7)33-34(31-21-11-4,32-22-12-5)25-16-14-13-15-17-25/h13-17,24,26H,8-12,18-23H2,1-7H3. The Kier molecular flexibility index (Phi) is 16.2. The third-order valence-corrected chi connectivity index (χ3v) is 8.02. The molecule has 0 aliphatic rings. The maximum absolute atomic E-state index is 6.94. The van der Waals surface area contributed by atoms with E-state index in [1.807, 2.05) is 18.2 Å². The van der Waals surface area contributed by atoms with Gasteiger partial charge in [-0.15, -0.1) is 0 Å². The third kappa shape index (κ3) is 10.4. The van der Waals surface area contributed by atoms with Gasteiger partial charge in [-0.25, -0.2) is 0 Å². The second kappa shape index (κ2) is 17.6. The fraction of sp³-hybridized carbons (Fsp3) is 0.778. The van der Waals surface area contributed by atoms with Crippen LogP contribution in [0.4, 0.5) is 0 Å². The first-order valence-corrected chi connectivity index (χ1v) is 15.1. The van der Waals surface area contributed by atoms with Gasteiger partial charge < -0.3 is 27.5 Å². The van der Waals surface area contributed by atoms with E-state index in [0.29, 0.717) is 39.5 Å². The Bertz CT molecular complexity index is 583. The van der Waals surface area contributed by atoms with Gasteiger partial charge in [0.05, 0.1) is 32.3 Å². The fourth-order valence-corrected chi connectivity index (χ4v) is 6.38. The molecule has 1 atom stereocenters. The molecule has 7 heteroatoms. The molecule has 0 aliphatic heterocycles. The summed E-state index contributed by atoms with van der Waals surface area (Å²) in [7, 11) is -3.20. The van der Waals surface area contributed by atoms with E-state index >= 15 is 0 Å². The highest BCUT2D eigenvalue weighted by Gasteiger charge is 2.49. The number of hydrogen-bond donors (Lipinski definition) is 0. The summed E-state index contributed by atoms with van der Waals surface area (Å²) in [6.07, 6.45) is 4.60. The molecule has 1 aromatic carbocycles. The van der Waals surface area contributed by atoms with Crippen molar-refractivity contribution in [3.05, 3.63) is 30.3 Å². The number of hydrogen-bond acceptors (Lipinski definition) is 6. The van der Waals surface area contributed by atoms with Gasteiger partial charge in [0.25, 0.3) is 5.97 Å². The summed E-state index contributed by atoms with van der Waals surface area (Å²) in [6, 6.07) is 10.1. The largest absolute Gasteiger partial charge is 0.537 e. The molecular formula is C27H50O6Si. The number of benzene rings is 1. The smallest absolute Gasteiger partial charge is 0.370 e. The summed E-state index contributed by atoms with van der Waals surface area (Å²) < 4.78 is 38.7. The Hall–Kier alpha value is -0.803.